The molecule has 0 bridgehead atoms. The molecular formula is C19H32N6O4S. The van der Waals surface area contributed by atoms with Gasteiger partial charge in [-0.2, -0.15) is 0 Å². The first kappa shape index (κ1) is 24.1. The van der Waals surface area contributed by atoms with E-state index in [9.17, 15) is 14.4 Å². The second-order valence-corrected chi connectivity index (χ2v) is 8.47. The van der Waals surface area contributed by atoms with Crippen molar-refractivity contribution in [3.63, 3.8) is 0 Å². The van der Waals surface area contributed by atoms with Crippen molar-refractivity contribution in [3.8, 4) is 0 Å². The normalized spacial score (nSPS) is 16.1. The summed E-state index contributed by atoms with van der Waals surface area (Å²) in [5.41, 5.74) is 5.27. The van der Waals surface area contributed by atoms with Gasteiger partial charge in [-0.05, 0) is 33.6 Å². The van der Waals surface area contributed by atoms with Crippen molar-refractivity contribution in [1.82, 2.24) is 25.0 Å². The molecule has 1 aliphatic heterocycles. The Labute approximate surface area is 181 Å². The Kier molecular flexibility index (Phi) is 9.57. The number of hydrogen-bond acceptors (Lipinski definition) is 7. The van der Waals surface area contributed by atoms with Crippen LogP contribution in [0.25, 0.3) is 0 Å². The third-order valence-electron chi connectivity index (χ3n) is 4.64. The lowest BCUT2D eigenvalue weighted by molar-refractivity contribution is -0.134. The maximum atomic E-state index is 12.6. The largest absolute Gasteiger partial charge is 0.376 e. The monoisotopic (exact) mass is 440 g/mol. The van der Waals surface area contributed by atoms with Crippen LogP contribution < -0.4 is 11.1 Å². The zero-order chi connectivity index (χ0) is 22.1. The fourth-order valence-corrected chi connectivity index (χ4v) is 4.03. The van der Waals surface area contributed by atoms with E-state index >= 15 is 0 Å². The Morgan fingerprint density at radius 1 is 1.37 bits per heavy atom. The first-order valence-electron chi connectivity index (χ1n) is 10.3. The van der Waals surface area contributed by atoms with E-state index in [1.165, 1.54) is 16.7 Å². The minimum Gasteiger partial charge on any atom is -0.376 e. The van der Waals surface area contributed by atoms with E-state index in [1.807, 2.05) is 25.3 Å². The van der Waals surface area contributed by atoms with E-state index in [0.717, 1.165) is 19.4 Å². The summed E-state index contributed by atoms with van der Waals surface area (Å²) in [6.07, 6.45) is 2.59. The topological polar surface area (TPSA) is 132 Å². The highest BCUT2D eigenvalue weighted by Crippen LogP contribution is 2.22. The third-order valence-corrected chi connectivity index (χ3v) is 5.59. The fraction of sp³-hybridized carbons (Fsp3) is 0.737. The van der Waals surface area contributed by atoms with Crippen LogP contribution in [0.4, 0.5) is 0 Å². The van der Waals surface area contributed by atoms with Crippen molar-refractivity contribution < 1.29 is 19.1 Å². The zero-order valence-corrected chi connectivity index (χ0v) is 18.7. The minimum atomic E-state index is -0.399. The van der Waals surface area contributed by atoms with Gasteiger partial charge in [-0.1, -0.05) is 11.8 Å². The number of nitrogens with two attached hydrogens (primary N) is 1. The van der Waals surface area contributed by atoms with Crippen LogP contribution in [0.15, 0.2) is 5.16 Å². The smallest absolute Gasteiger partial charge is 0.239 e. The molecular weight excluding hydrogens is 408 g/mol. The first-order chi connectivity index (χ1) is 14.3. The molecule has 2 rings (SSSR count). The Bertz CT molecular complexity index is 733. The number of nitrogens with zero attached hydrogens (tertiary/aromatic N) is 4. The molecule has 1 aromatic rings. The maximum absolute atomic E-state index is 12.6. The molecule has 30 heavy (non-hydrogen) atoms. The molecule has 11 heteroatoms. The van der Waals surface area contributed by atoms with Gasteiger partial charge < -0.3 is 25.3 Å². The van der Waals surface area contributed by atoms with Crippen molar-refractivity contribution in [2.75, 3.05) is 25.4 Å². The summed E-state index contributed by atoms with van der Waals surface area (Å²) in [5, 5.41) is 11.8. The summed E-state index contributed by atoms with van der Waals surface area (Å²) >= 11 is 1.27. The molecule has 0 radical (unpaired) electrons. The van der Waals surface area contributed by atoms with E-state index < -0.39 is 5.91 Å². The molecule has 0 unspecified atom stereocenters. The van der Waals surface area contributed by atoms with Gasteiger partial charge in [0.05, 0.1) is 24.9 Å². The molecule has 0 aliphatic carbocycles. The van der Waals surface area contributed by atoms with Gasteiger partial charge in [0, 0.05) is 32.0 Å². The Morgan fingerprint density at radius 2 is 2.13 bits per heavy atom. The van der Waals surface area contributed by atoms with Gasteiger partial charge in [0.25, 0.3) is 0 Å². The molecule has 3 N–H and O–H groups in total. The second kappa shape index (κ2) is 11.9. The van der Waals surface area contributed by atoms with E-state index in [1.54, 1.807) is 0 Å². The van der Waals surface area contributed by atoms with Crippen LogP contribution in [-0.2, 0) is 32.1 Å². The number of ether oxygens (including phenoxy) is 1. The van der Waals surface area contributed by atoms with Crippen molar-refractivity contribution >= 4 is 29.5 Å². The second-order valence-electron chi connectivity index (χ2n) is 7.53. The third kappa shape index (κ3) is 7.60. The Hall–Kier alpha value is -2.14. The molecule has 1 atom stereocenters. The lowest BCUT2D eigenvalue weighted by Gasteiger charge is -2.21. The molecule has 1 aromatic heterocycles. The van der Waals surface area contributed by atoms with Crippen LogP contribution in [0, 0.1) is 0 Å². The number of thioether (sulfide) groups is 1. The predicted octanol–water partition coefficient (Wildman–Crippen LogP) is 0.340. The number of nitrogens with one attached hydrogen (secondary N) is 1. The summed E-state index contributed by atoms with van der Waals surface area (Å²) in [5.74, 6) is 0.0712. The highest BCUT2D eigenvalue weighted by molar-refractivity contribution is 7.99. The van der Waals surface area contributed by atoms with Crippen molar-refractivity contribution in [3.05, 3.63) is 5.82 Å². The molecule has 0 spiro atoms. The Balaban J connectivity index is 2.01. The van der Waals surface area contributed by atoms with Crippen molar-refractivity contribution in [2.24, 2.45) is 5.73 Å². The van der Waals surface area contributed by atoms with E-state index in [-0.39, 0.29) is 42.7 Å². The van der Waals surface area contributed by atoms with Gasteiger partial charge in [-0.15, -0.1) is 10.2 Å². The Morgan fingerprint density at radius 3 is 2.73 bits per heavy atom. The number of likely N-dealkylation sites (N-methyl/N-ethyl adjacent to an activating group) is 1. The highest BCUT2D eigenvalue weighted by atomic mass is 32.2. The summed E-state index contributed by atoms with van der Waals surface area (Å²) in [6, 6.07) is 0.0239. The zero-order valence-electron chi connectivity index (χ0n) is 17.9. The molecule has 1 aliphatic rings. The lowest BCUT2D eigenvalue weighted by Crippen LogP contribution is -2.43. The SMILES string of the molecule is CCN(CC(=O)NC(C)C)C(=O)CSc1nnc(CCC(N)=O)n1C[C@H]1CCCO1. The lowest BCUT2D eigenvalue weighted by atomic mass is 10.2. The van der Waals surface area contributed by atoms with Crippen LogP contribution in [-0.4, -0.2) is 75.0 Å². The average Bonchev–Trinajstić information content (AvgIpc) is 3.32. The van der Waals surface area contributed by atoms with Gasteiger partial charge in [0.2, 0.25) is 17.7 Å². The molecule has 1 saturated heterocycles. The van der Waals surface area contributed by atoms with Gasteiger partial charge in [0.15, 0.2) is 5.16 Å². The van der Waals surface area contributed by atoms with Gasteiger partial charge in [0.1, 0.15) is 5.82 Å². The highest BCUT2D eigenvalue weighted by Gasteiger charge is 2.23. The molecule has 3 amide bonds. The van der Waals surface area contributed by atoms with Crippen LogP contribution in [0.3, 0.4) is 0 Å². The molecule has 1 fully saturated rings. The van der Waals surface area contributed by atoms with Gasteiger partial charge in [-0.3, -0.25) is 14.4 Å². The number of carbonyl (C=O) groups is 3. The average molecular weight is 441 g/mol. The fourth-order valence-electron chi connectivity index (χ4n) is 3.16. The van der Waals surface area contributed by atoms with Gasteiger partial charge >= 0.3 is 0 Å². The predicted molar refractivity (Wildman–Crippen MR) is 113 cm³/mol. The van der Waals surface area contributed by atoms with E-state index in [0.29, 0.717) is 30.5 Å². The molecule has 10 nitrogen and oxygen atoms in total. The maximum Gasteiger partial charge on any atom is 0.239 e. The van der Waals surface area contributed by atoms with E-state index in [2.05, 4.69) is 15.5 Å². The first-order valence-corrected chi connectivity index (χ1v) is 11.3. The number of primary amides is 1. The molecule has 0 aromatic carbocycles. The van der Waals surface area contributed by atoms with Crippen molar-refractivity contribution in [1.29, 1.82) is 0 Å². The summed E-state index contributed by atoms with van der Waals surface area (Å²) in [4.78, 5) is 37.3. The van der Waals surface area contributed by atoms with Crippen LogP contribution >= 0.6 is 11.8 Å². The van der Waals surface area contributed by atoms with Crippen LogP contribution in [0.1, 0.15) is 45.9 Å². The number of hydrogen-bond donors (Lipinski definition) is 2. The number of carbonyl (C=O) groups excluding carboxylic acids is 3. The number of amides is 3. The van der Waals surface area contributed by atoms with E-state index in [4.69, 9.17) is 10.5 Å². The summed E-state index contributed by atoms with van der Waals surface area (Å²) < 4.78 is 7.64. The summed E-state index contributed by atoms with van der Waals surface area (Å²) in [6.45, 7) is 7.37. The number of aromatic nitrogens is 3. The number of aryl methyl sites for hydroxylation is 1. The quantitative estimate of drug-likeness (QED) is 0.448. The van der Waals surface area contributed by atoms with Crippen molar-refractivity contribution in [2.45, 2.75) is 70.3 Å². The minimum absolute atomic E-state index is 0.0239. The van der Waals surface area contributed by atoms with Gasteiger partial charge in [-0.25, -0.2) is 0 Å². The summed E-state index contributed by atoms with van der Waals surface area (Å²) in [7, 11) is 0. The number of rotatable bonds is 12. The molecule has 0 saturated carbocycles. The standard InChI is InChI=1S/C19H32N6O4S/c1-4-24(11-17(27)21-13(2)3)18(28)12-30-19-23-22-16(8-7-15(20)26)25(19)10-14-6-5-9-29-14/h13-14H,4-12H2,1-3H3,(H2,20,26)(H,21,27)/t14-/m1/s1. The molecule has 2 heterocycles. The molecule has 168 valence electrons. The van der Waals surface area contributed by atoms with Crippen LogP contribution in [0.5, 0.6) is 0 Å². The van der Waals surface area contributed by atoms with Crippen LogP contribution in [0.2, 0.25) is 0 Å².